The molecule has 1 aromatic heterocycles. The molecule has 0 aliphatic heterocycles. The fourth-order valence-electron chi connectivity index (χ4n) is 3.62. The summed E-state index contributed by atoms with van der Waals surface area (Å²) in [6.07, 6.45) is 5.45. The van der Waals surface area contributed by atoms with Crippen molar-refractivity contribution in [2.24, 2.45) is 0 Å². The van der Waals surface area contributed by atoms with Crippen molar-refractivity contribution >= 4 is 23.4 Å². The number of thioether (sulfide) groups is 1. The van der Waals surface area contributed by atoms with Crippen LogP contribution in [-0.4, -0.2) is 26.4 Å². The van der Waals surface area contributed by atoms with Gasteiger partial charge in [0.2, 0.25) is 5.91 Å². The molecule has 0 bridgehead atoms. The molecule has 0 aliphatic rings. The molecule has 0 unspecified atom stereocenters. The van der Waals surface area contributed by atoms with Crippen molar-refractivity contribution in [3.63, 3.8) is 0 Å². The number of hydrogen-bond donors (Lipinski definition) is 1. The van der Waals surface area contributed by atoms with Crippen LogP contribution in [0, 0.1) is 5.82 Å². The monoisotopic (exact) mass is 498 g/mol. The summed E-state index contributed by atoms with van der Waals surface area (Å²) < 4.78 is 21.6. The van der Waals surface area contributed by atoms with Gasteiger partial charge in [-0.1, -0.05) is 76.1 Å². The molecular weight excluding hydrogens is 463 g/mol. The predicted octanol–water partition coefficient (Wildman–Crippen LogP) is 6.82. The molecule has 1 heterocycles. The standard InChI is InChI=1S/C27H35FN4O2S/c1-4-6-7-10-17-32-25(18-34-24-12-9-8-11-23(24)28)30-31-27(32)35-19-26(33)29-22-15-13-21(14-16-22)20(3)5-2/h8-9,11-16,20H,4-7,10,17-19H2,1-3H3,(H,29,33)/t20-/m0/s1. The number of ether oxygens (including phenoxy) is 1. The number of carbonyl (C=O) groups excluding carboxylic acids is 1. The van der Waals surface area contributed by atoms with Crippen LogP contribution in [-0.2, 0) is 17.9 Å². The number of nitrogens with zero attached hydrogens (tertiary/aromatic N) is 3. The van der Waals surface area contributed by atoms with Crippen molar-refractivity contribution in [2.45, 2.75) is 77.1 Å². The van der Waals surface area contributed by atoms with Gasteiger partial charge in [0.15, 0.2) is 22.5 Å². The molecule has 1 N–H and O–H groups in total. The van der Waals surface area contributed by atoms with Crippen LogP contribution in [0.3, 0.4) is 0 Å². The molecule has 0 saturated heterocycles. The van der Waals surface area contributed by atoms with Gasteiger partial charge in [-0.25, -0.2) is 4.39 Å². The van der Waals surface area contributed by atoms with Gasteiger partial charge in [0, 0.05) is 12.2 Å². The summed E-state index contributed by atoms with van der Waals surface area (Å²) in [6.45, 7) is 7.36. The van der Waals surface area contributed by atoms with E-state index < -0.39 is 5.82 Å². The first-order valence-corrected chi connectivity index (χ1v) is 13.3. The number of benzene rings is 2. The molecule has 8 heteroatoms. The summed E-state index contributed by atoms with van der Waals surface area (Å²) in [5.41, 5.74) is 2.05. The van der Waals surface area contributed by atoms with Gasteiger partial charge in [0.1, 0.15) is 6.61 Å². The summed E-state index contributed by atoms with van der Waals surface area (Å²) >= 11 is 1.34. The minimum Gasteiger partial charge on any atom is -0.483 e. The molecule has 188 valence electrons. The highest BCUT2D eigenvalue weighted by Gasteiger charge is 2.16. The maximum Gasteiger partial charge on any atom is 0.234 e. The average molecular weight is 499 g/mol. The van der Waals surface area contributed by atoms with Gasteiger partial charge < -0.3 is 14.6 Å². The molecule has 1 atom stereocenters. The van der Waals surface area contributed by atoms with Gasteiger partial charge >= 0.3 is 0 Å². The fraction of sp³-hybridized carbons (Fsp3) is 0.444. The lowest BCUT2D eigenvalue weighted by Gasteiger charge is -2.12. The smallest absolute Gasteiger partial charge is 0.234 e. The normalized spacial score (nSPS) is 11.9. The lowest BCUT2D eigenvalue weighted by atomic mass is 9.99. The summed E-state index contributed by atoms with van der Waals surface area (Å²) in [7, 11) is 0. The third-order valence-electron chi connectivity index (χ3n) is 5.93. The molecule has 0 radical (unpaired) electrons. The van der Waals surface area contributed by atoms with E-state index in [0.717, 1.165) is 44.3 Å². The first-order valence-electron chi connectivity index (χ1n) is 12.3. The zero-order chi connectivity index (χ0) is 25.0. The predicted molar refractivity (Wildman–Crippen MR) is 139 cm³/mol. The van der Waals surface area contributed by atoms with Crippen molar-refractivity contribution in [2.75, 3.05) is 11.1 Å². The Morgan fingerprint density at radius 1 is 1.09 bits per heavy atom. The van der Waals surface area contributed by atoms with Crippen molar-refractivity contribution in [1.29, 1.82) is 0 Å². The van der Waals surface area contributed by atoms with E-state index in [1.54, 1.807) is 18.2 Å². The number of anilines is 1. The van der Waals surface area contributed by atoms with Gasteiger partial charge in [-0.2, -0.15) is 0 Å². The van der Waals surface area contributed by atoms with E-state index in [9.17, 15) is 9.18 Å². The number of carbonyl (C=O) groups is 1. The molecule has 0 spiro atoms. The van der Waals surface area contributed by atoms with Gasteiger partial charge in [-0.05, 0) is 48.6 Å². The van der Waals surface area contributed by atoms with Crippen molar-refractivity contribution in [3.05, 3.63) is 65.7 Å². The van der Waals surface area contributed by atoms with Gasteiger partial charge in [-0.3, -0.25) is 4.79 Å². The minimum atomic E-state index is -0.412. The summed E-state index contributed by atoms with van der Waals surface area (Å²) in [5, 5.41) is 12.2. The number of halogens is 1. The molecule has 35 heavy (non-hydrogen) atoms. The molecule has 0 aliphatic carbocycles. The molecular formula is C27H35FN4O2S. The van der Waals surface area contributed by atoms with Crippen molar-refractivity contribution in [1.82, 2.24) is 14.8 Å². The largest absolute Gasteiger partial charge is 0.483 e. The Labute approximate surface area is 211 Å². The van der Waals surface area contributed by atoms with Crippen molar-refractivity contribution < 1.29 is 13.9 Å². The second kappa shape index (κ2) is 13.9. The Morgan fingerprint density at radius 3 is 2.57 bits per heavy atom. The van der Waals surface area contributed by atoms with E-state index in [4.69, 9.17) is 4.74 Å². The van der Waals surface area contributed by atoms with Gasteiger partial charge in [0.25, 0.3) is 0 Å². The van der Waals surface area contributed by atoms with Crippen LogP contribution in [0.2, 0.25) is 0 Å². The van der Waals surface area contributed by atoms with E-state index >= 15 is 0 Å². The quantitative estimate of drug-likeness (QED) is 0.195. The number of nitrogens with one attached hydrogen (secondary N) is 1. The average Bonchev–Trinajstić information content (AvgIpc) is 3.26. The van der Waals surface area contributed by atoms with E-state index in [1.165, 1.54) is 23.4 Å². The maximum absolute atomic E-state index is 13.9. The van der Waals surface area contributed by atoms with Crippen LogP contribution in [0.4, 0.5) is 10.1 Å². The Balaban J connectivity index is 1.61. The molecule has 0 saturated carbocycles. The maximum atomic E-state index is 13.9. The van der Waals surface area contributed by atoms with Crippen molar-refractivity contribution in [3.8, 4) is 5.75 Å². The zero-order valence-electron chi connectivity index (χ0n) is 20.8. The molecule has 1 amide bonds. The number of aromatic nitrogens is 3. The number of amides is 1. The highest BCUT2D eigenvalue weighted by molar-refractivity contribution is 7.99. The molecule has 2 aromatic carbocycles. The highest BCUT2D eigenvalue weighted by Crippen LogP contribution is 2.23. The molecule has 3 aromatic rings. The summed E-state index contributed by atoms with van der Waals surface area (Å²) in [4.78, 5) is 12.6. The van der Waals surface area contributed by atoms with Crippen LogP contribution in [0.15, 0.2) is 53.7 Å². The van der Waals surface area contributed by atoms with E-state index in [-0.39, 0.29) is 24.0 Å². The Kier molecular flexibility index (Phi) is 10.6. The SMILES string of the molecule is CCCCCCn1c(COc2ccccc2F)nnc1SCC(=O)Nc1ccc([C@@H](C)CC)cc1. The number of unbranched alkanes of at least 4 members (excludes halogenated alkanes) is 3. The first-order chi connectivity index (χ1) is 17.0. The summed E-state index contributed by atoms with van der Waals surface area (Å²) in [5.74, 6) is 1.000. The Hall–Kier alpha value is -2.87. The van der Waals surface area contributed by atoms with Gasteiger partial charge in [-0.15, -0.1) is 10.2 Å². The highest BCUT2D eigenvalue weighted by atomic mass is 32.2. The second-order valence-corrected chi connectivity index (χ2v) is 9.54. The van der Waals surface area contributed by atoms with E-state index in [0.29, 0.717) is 16.9 Å². The zero-order valence-corrected chi connectivity index (χ0v) is 21.6. The van der Waals surface area contributed by atoms with Gasteiger partial charge in [0.05, 0.1) is 5.75 Å². The number of rotatable bonds is 14. The first kappa shape index (κ1) is 26.7. The Morgan fingerprint density at radius 2 is 1.86 bits per heavy atom. The van der Waals surface area contributed by atoms with Crippen LogP contribution in [0.5, 0.6) is 5.75 Å². The summed E-state index contributed by atoms with van der Waals surface area (Å²) in [6, 6.07) is 14.3. The molecule has 6 nitrogen and oxygen atoms in total. The van der Waals surface area contributed by atoms with Crippen LogP contribution in [0.25, 0.3) is 0 Å². The molecule has 0 fully saturated rings. The van der Waals surface area contributed by atoms with E-state index in [1.807, 2.05) is 16.7 Å². The third kappa shape index (κ3) is 8.09. The van der Waals surface area contributed by atoms with Crippen LogP contribution >= 0.6 is 11.8 Å². The lowest BCUT2D eigenvalue weighted by molar-refractivity contribution is -0.113. The fourth-order valence-corrected chi connectivity index (χ4v) is 4.40. The van der Waals surface area contributed by atoms with Crippen LogP contribution < -0.4 is 10.1 Å². The third-order valence-corrected chi connectivity index (χ3v) is 6.90. The Bertz CT molecular complexity index is 1070. The topological polar surface area (TPSA) is 69.0 Å². The minimum absolute atomic E-state index is 0.101. The second-order valence-electron chi connectivity index (χ2n) is 8.60. The molecule has 3 rings (SSSR count). The van der Waals surface area contributed by atoms with E-state index in [2.05, 4.69) is 48.4 Å². The number of para-hydroxylation sites is 1. The van der Waals surface area contributed by atoms with Crippen LogP contribution in [0.1, 0.15) is 70.2 Å². The lowest BCUT2D eigenvalue weighted by Crippen LogP contribution is -2.15. The number of hydrogen-bond acceptors (Lipinski definition) is 5.